The molecule has 0 fully saturated rings. The van der Waals surface area contributed by atoms with E-state index >= 15 is 0 Å². The number of nitrogens with one attached hydrogen (secondary N) is 1. The van der Waals surface area contributed by atoms with Gasteiger partial charge >= 0.3 is 0 Å². The number of carbonyl (C=O) groups is 1. The normalized spacial score (nSPS) is 11.0. The van der Waals surface area contributed by atoms with Gasteiger partial charge in [-0.2, -0.15) is 0 Å². The Morgan fingerprint density at radius 3 is 2.63 bits per heavy atom. The van der Waals surface area contributed by atoms with E-state index in [1.165, 1.54) is 11.6 Å². The van der Waals surface area contributed by atoms with Gasteiger partial charge in [-0.15, -0.1) is 11.3 Å². The summed E-state index contributed by atoms with van der Waals surface area (Å²) in [6.07, 6.45) is 3.34. The third kappa shape index (κ3) is 4.85. The van der Waals surface area contributed by atoms with Gasteiger partial charge in [-0.25, -0.2) is 4.98 Å². The summed E-state index contributed by atoms with van der Waals surface area (Å²) in [7, 11) is 0. The largest absolute Gasteiger partial charge is 0.322 e. The summed E-state index contributed by atoms with van der Waals surface area (Å²) < 4.78 is 0. The Hall–Kier alpha value is -3.21. The molecule has 0 unspecified atom stereocenters. The van der Waals surface area contributed by atoms with Crippen LogP contribution >= 0.6 is 22.9 Å². The lowest BCUT2D eigenvalue weighted by atomic mass is 10.1. The van der Waals surface area contributed by atoms with Crippen LogP contribution in [0.25, 0.3) is 27.9 Å². The Bertz CT molecular complexity index is 1210. The molecule has 0 atom stereocenters. The third-order valence-electron chi connectivity index (χ3n) is 4.54. The van der Waals surface area contributed by atoms with E-state index in [2.05, 4.69) is 5.32 Å². The molecule has 5 heteroatoms. The topological polar surface area (TPSA) is 42.0 Å². The maximum atomic E-state index is 12.3. The minimum atomic E-state index is -0.178. The molecule has 1 amide bonds. The second-order valence-electron chi connectivity index (χ2n) is 6.83. The SMILES string of the molecule is Cc1ccc(/C=C/C(=O)Nc2cccc(-c3csc(-c4ccccc4Cl)n3)c2)cc1. The molecule has 1 heterocycles. The molecule has 0 saturated heterocycles. The van der Waals surface area contributed by atoms with Gasteiger partial charge in [0.1, 0.15) is 5.01 Å². The molecule has 3 nitrogen and oxygen atoms in total. The first-order valence-electron chi connectivity index (χ1n) is 9.45. The van der Waals surface area contributed by atoms with E-state index in [4.69, 9.17) is 16.6 Å². The molecule has 0 aliphatic carbocycles. The van der Waals surface area contributed by atoms with Gasteiger partial charge in [0.25, 0.3) is 0 Å². The molecule has 0 spiro atoms. The molecule has 30 heavy (non-hydrogen) atoms. The van der Waals surface area contributed by atoms with Crippen LogP contribution in [0.3, 0.4) is 0 Å². The van der Waals surface area contributed by atoms with Gasteiger partial charge in [-0.3, -0.25) is 4.79 Å². The van der Waals surface area contributed by atoms with E-state index in [0.717, 1.165) is 33.1 Å². The highest BCUT2D eigenvalue weighted by molar-refractivity contribution is 7.13. The first-order valence-corrected chi connectivity index (χ1v) is 10.7. The van der Waals surface area contributed by atoms with Crippen LogP contribution < -0.4 is 5.32 Å². The number of hydrogen-bond acceptors (Lipinski definition) is 3. The highest BCUT2D eigenvalue weighted by Crippen LogP contribution is 2.33. The Labute approximate surface area is 184 Å². The zero-order valence-corrected chi connectivity index (χ0v) is 17.9. The fourth-order valence-corrected chi connectivity index (χ4v) is 4.10. The monoisotopic (exact) mass is 430 g/mol. The summed E-state index contributed by atoms with van der Waals surface area (Å²) in [6.45, 7) is 2.03. The van der Waals surface area contributed by atoms with Gasteiger partial charge < -0.3 is 5.32 Å². The predicted octanol–water partition coefficient (Wildman–Crippen LogP) is 7.09. The van der Waals surface area contributed by atoms with Crippen LogP contribution in [0.15, 0.2) is 84.3 Å². The van der Waals surface area contributed by atoms with Crippen molar-refractivity contribution < 1.29 is 4.79 Å². The van der Waals surface area contributed by atoms with Gasteiger partial charge in [0.15, 0.2) is 0 Å². The number of rotatable bonds is 5. The van der Waals surface area contributed by atoms with Crippen molar-refractivity contribution in [1.82, 2.24) is 4.98 Å². The van der Waals surface area contributed by atoms with Crippen LogP contribution in [-0.4, -0.2) is 10.9 Å². The Balaban J connectivity index is 1.48. The Morgan fingerprint density at radius 1 is 1.03 bits per heavy atom. The number of thiazole rings is 1. The van der Waals surface area contributed by atoms with E-state index in [9.17, 15) is 4.79 Å². The average Bonchev–Trinajstić information content (AvgIpc) is 3.24. The van der Waals surface area contributed by atoms with Crippen molar-refractivity contribution in [3.05, 3.63) is 100 Å². The van der Waals surface area contributed by atoms with Crippen LogP contribution in [0, 0.1) is 6.92 Å². The van der Waals surface area contributed by atoms with Gasteiger partial charge in [0, 0.05) is 28.3 Å². The summed E-state index contributed by atoms with van der Waals surface area (Å²) in [5.74, 6) is -0.178. The molecule has 1 N–H and O–H groups in total. The van der Waals surface area contributed by atoms with E-state index in [1.807, 2.05) is 85.1 Å². The molecular formula is C25H19ClN2OS. The Kier molecular flexibility index (Phi) is 6.07. The third-order valence-corrected chi connectivity index (χ3v) is 5.74. The van der Waals surface area contributed by atoms with Crippen molar-refractivity contribution in [1.29, 1.82) is 0 Å². The molecule has 4 rings (SSSR count). The second-order valence-corrected chi connectivity index (χ2v) is 8.10. The first-order chi connectivity index (χ1) is 14.6. The lowest BCUT2D eigenvalue weighted by Gasteiger charge is -2.04. The number of aryl methyl sites for hydroxylation is 1. The van der Waals surface area contributed by atoms with Crippen LogP contribution in [-0.2, 0) is 4.79 Å². The summed E-state index contributed by atoms with van der Waals surface area (Å²) in [6, 6.07) is 23.3. The number of halogens is 1. The summed E-state index contributed by atoms with van der Waals surface area (Å²) in [4.78, 5) is 17.0. The summed E-state index contributed by atoms with van der Waals surface area (Å²) in [5.41, 5.74) is 5.60. The quantitative estimate of drug-likeness (QED) is 0.343. The maximum absolute atomic E-state index is 12.3. The minimum Gasteiger partial charge on any atom is -0.322 e. The fourth-order valence-electron chi connectivity index (χ4n) is 2.95. The maximum Gasteiger partial charge on any atom is 0.248 e. The molecule has 0 aliphatic heterocycles. The van der Waals surface area contributed by atoms with Crippen molar-refractivity contribution in [3.8, 4) is 21.8 Å². The lowest BCUT2D eigenvalue weighted by Crippen LogP contribution is -2.07. The molecule has 4 aromatic rings. The van der Waals surface area contributed by atoms with Crippen molar-refractivity contribution >= 4 is 40.6 Å². The second kappa shape index (κ2) is 9.08. The number of aromatic nitrogens is 1. The molecule has 0 bridgehead atoms. The van der Waals surface area contributed by atoms with Gasteiger partial charge in [0.2, 0.25) is 5.91 Å². The zero-order chi connectivity index (χ0) is 20.9. The van der Waals surface area contributed by atoms with Gasteiger partial charge in [-0.05, 0) is 36.8 Å². The van der Waals surface area contributed by atoms with Crippen molar-refractivity contribution in [2.75, 3.05) is 5.32 Å². The fraction of sp³-hybridized carbons (Fsp3) is 0.0400. The molecule has 148 valence electrons. The molecule has 0 radical (unpaired) electrons. The summed E-state index contributed by atoms with van der Waals surface area (Å²) >= 11 is 7.83. The average molecular weight is 431 g/mol. The number of hydrogen-bond donors (Lipinski definition) is 1. The number of amides is 1. The zero-order valence-electron chi connectivity index (χ0n) is 16.3. The van der Waals surface area contributed by atoms with E-state index in [1.54, 1.807) is 17.4 Å². The van der Waals surface area contributed by atoms with E-state index in [0.29, 0.717) is 5.02 Å². The van der Waals surface area contributed by atoms with E-state index < -0.39 is 0 Å². The van der Waals surface area contributed by atoms with Crippen molar-refractivity contribution in [2.45, 2.75) is 6.92 Å². The minimum absolute atomic E-state index is 0.178. The molecule has 0 aliphatic rings. The standard InChI is InChI=1S/C25H19ClN2OS/c1-17-9-11-18(12-10-17)13-14-24(29)27-20-6-4-5-19(15-20)23-16-30-25(28-23)21-7-2-3-8-22(21)26/h2-16H,1H3,(H,27,29)/b14-13+. The highest BCUT2D eigenvalue weighted by atomic mass is 35.5. The first kappa shape index (κ1) is 20.1. The van der Waals surface area contributed by atoms with Gasteiger partial charge in [-0.1, -0.05) is 71.8 Å². The number of carbonyl (C=O) groups excluding carboxylic acids is 1. The number of benzene rings is 3. The molecule has 1 aromatic heterocycles. The number of nitrogens with zero attached hydrogens (tertiary/aromatic N) is 1. The van der Waals surface area contributed by atoms with Crippen LogP contribution in [0.4, 0.5) is 5.69 Å². The van der Waals surface area contributed by atoms with Gasteiger partial charge in [0.05, 0.1) is 10.7 Å². The molecular weight excluding hydrogens is 412 g/mol. The van der Waals surface area contributed by atoms with Crippen molar-refractivity contribution in [2.24, 2.45) is 0 Å². The highest BCUT2D eigenvalue weighted by Gasteiger charge is 2.10. The smallest absolute Gasteiger partial charge is 0.248 e. The molecule has 3 aromatic carbocycles. The van der Waals surface area contributed by atoms with Crippen LogP contribution in [0.1, 0.15) is 11.1 Å². The van der Waals surface area contributed by atoms with Crippen LogP contribution in [0.2, 0.25) is 5.02 Å². The lowest BCUT2D eigenvalue weighted by molar-refractivity contribution is -0.111. The summed E-state index contributed by atoms with van der Waals surface area (Å²) in [5, 5.41) is 6.45. The van der Waals surface area contributed by atoms with Crippen LogP contribution in [0.5, 0.6) is 0 Å². The predicted molar refractivity (Wildman–Crippen MR) is 127 cm³/mol. The molecule has 0 saturated carbocycles. The van der Waals surface area contributed by atoms with E-state index in [-0.39, 0.29) is 5.91 Å². The Morgan fingerprint density at radius 2 is 1.83 bits per heavy atom. The van der Waals surface area contributed by atoms with Crippen molar-refractivity contribution in [3.63, 3.8) is 0 Å². The number of anilines is 1.